The van der Waals surface area contributed by atoms with Crippen LogP contribution in [0, 0.1) is 0 Å². The Morgan fingerprint density at radius 1 is 0.536 bits per heavy atom. The monoisotopic (exact) mass is 364 g/mol. The topological polar surface area (TPSA) is 76.3 Å². The molecule has 4 heterocycles. The zero-order valence-electron chi connectivity index (χ0n) is 14.9. The predicted octanol–water partition coefficient (Wildman–Crippen LogP) is 4.43. The molecule has 0 bridgehead atoms. The lowest BCUT2D eigenvalue weighted by Crippen LogP contribution is -1.87. The minimum Gasteiger partial charge on any atom is -0.255 e. The Morgan fingerprint density at radius 2 is 1.04 bits per heavy atom. The van der Waals surface area contributed by atoms with Gasteiger partial charge in [0.05, 0.1) is 59.0 Å². The highest BCUT2D eigenvalue weighted by Gasteiger charge is 2.01. The fourth-order valence-corrected chi connectivity index (χ4v) is 2.41. The number of hydrogen-bond donors (Lipinski definition) is 0. The van der Waals surface area contributed by atoms with Crippen LogP contribution in [-0.4, -0.2) is 32.4 Å². The Hall–Kier alpha value is -4.06. The maximum Gasteiger partial charge on any atom is 0.0887 e. The van der Waals surface area contributed by atoms with Gasteiger partial charge in [0.15, 0.2) is 0 Å². The van der Waals surface area contributed by atoms with E-state index in [1.54, 1.807) is 37.2 Å². The molecule has 4 aromatic rings. The van der Waals surface area contributed by atoms with Crippen molar-refractivity contribution >= 4 is 23.8 Å². The molecule has 6 nitrogen and oxygen atoms in total. The highest BCUT2D eigenvalue weighted by Crippen LogP contribution is 2.20. The summed E-state index contributed by atoms with van der Waals surface area (Å²) in [6.07, 6.45) is 10.3. The van der Waals surface area contributed by atoms with E-state index in [0.29, 0.717) is 0 Å². The second-order valence-electron chi connectivity index (χ2n) is 5.83. The highest BCUT2D eigenvalue weighted by atomic mass is 14.8. The molecular weight excluding hydrogens is 348 g/mol. The molecule has 4 rings (SSSR count). The second-order valence-corrected chi connectivity index (χ2v) is 5.83. The van der Waals surface area contributed by atoms with E-state index in [9.17, 15) is 0 Å². The number of nitrogens with zero attached hydrogens (tertiary/aromatic N) is 6. The number of aliphatic imine (C=N–C) groups is 2. The molecule has 0 saturated carbocycles. The molecule has 134 valence electrons. The largest absolute Gasteiger partial charge is 0.255 e. The van der Waals surface area contributed by atoms with Crippen molar-refractivity contribution in [3.63, 3.8) is 0 Å². The van der Waals surface area contributed by atoms with Crippen LogP contribution in [0.5, 0.6) is 0 Å². The summed E-state index contributed by atoms with van der Waals surface area (Å²) in [4.78, 5) is 26.1. The van der Waals surface area contributed by atoms with Crippen molar-refractivity contribution in [2.75, 3.05) is 0 Å². The molecule has 0 spiro atoms. The average Bonchev–Trinajstić information content (AvgIpc) is 2.78. The van der Waals surface area contributed by atoms with E-state index in [2.05, 4.69) is 29.9 Å². The van der Waals surface area contributed by atoms with Crippen LogP contribution >= 0.6 is 0 Å². The first-order chi connectivity index (χ1) is 13.9. The summed E-state index contributed by atoms with van der Waals surface area (Å²) >= 11 is 0. The van der Waals surface area contributed by atoms with E-state index in [0.717, 1.165) is 34.2 Å². The molecule has 0 saturated heterocycles. The van der Waals surface area contributed by atoms with E-state index in [4.69, 9.17) is 0 Å². The molecule has 0 unspecified atom stereocenters. The summed E-state index contributed by atoms with van der Waals surface area (Å²) in [5.74, 6) is 0. The van der Waals surface area contributed by atoms with Gasteiger partial charge < -0.3 is 0 Å². The number of pyridine rings is 4. The zero-order chi connectivity index (χ0) is 19.0. The molecule has 0 atom stereocenters. The Bertz CT molecular complexity index is 982. The van der Waals surface area contributed by atoms with Gasteiger partial charge in [0, 0.05) is 12.4 Å². The van der Waals surface area contributed by atoms with Crippen LogP contribution in [0.2, 0.25) is 0 Å². The van der Waals surface area contributed by atoms with E-state index in [1.165, 1.54) is 0 Å². The minimum absolute atomic E-state index is 0.756. The van der Waals surface area contributed by atoms with Crippen molar-refractivity contribution in [3.8, 4) is 11.4 Å². The molecule has 6 heteroatoms. The van der Waals surface area contributed by atoms with Crippen molar-refractivity contribution in [3.05, 3.63) is 96.8 Å². The van der Waals surface area contributed by atoms with Crippen molar-refractivity contribution in [2.24, 2.45) is 9.98 Å². The standard InChI is InChI=1S/C22H16N6/c1-3-11-23-17(5-1)13-25-19-7-9-21(27-15-19)22-10-8-20(16-28-22)26-14-18-6-2-4-12-24-18/h1-16H/b25-13+,26-14+. The molecule has 0 aliphatic rings. The van der Waals surface area contributed by atoms with Crippen LogP contribution < -0.4 is 0 Å². The maximum absolute atomic E-state index is 4.44. The molecule has 28 heavy (non-hydrogen) atoms. The normalized spacial score (nSPS) is 11.3. The van der Waals surface area contributed by atoms with Gasteiger partial charge in [0.1, 0.15) is 0 Å². The van der Waals surface area contributed by atoms with Gasteiger partial charge in [-0.2, -0.15) is 0 Å². The predicted molar refractivity (Wildman–Crippen MR) is 110 cm³/mol. The number of rotatable bonds is 5. The summed E-state index contributed by atoms with van der Waals surface area (Å²) in [6, 6.07) is 19.0. The SMILES string of the molecule is C(=N\c1ccc(-c2ccc(/N=C/c3ccccn3)cn2)nc1)/c1ccccn1. The van der Waals surface area contributed by atoms with Gasteiger partial charge in [-0.1, -0.05) is 12.1 Å². The van der Waals surface area contributed by atoms with Crippen LogP contribution in [-0.2, 0) is 0 Å². The van der Waals surface area contributed by atoms with Crippen LogP contribution in [0.1, 0.15) is 11.4 Å². The summed E-state index contributed by atoms with van der Waals surface area (Å²) in [5, 5.41) is 0. The first kappa shape index (κ1) is 17.4. The quantitative estimate of drug-likeness (QED) is 0.491. The summed E-state index contributed by atoms with van der Waals surface area (Å²) in [6.45, 7) is 0. The van der Waals surface area contributed by atoms with Gasteiger partial charge in [-0.3, -0.25) is 29.9 Å². The van der Waals surface area contributed by atoms with Gasteiger partial charge in [0.25, 0.3) is 0 Å². The third-order valence-electron chi connectivity index (χ3n) is 3.83. The Kier molecular flexibility index (Phi) is 5.30. The molecule has 0 aromatic carbocycles. The first-order valence-electron chi connectivity index (χ1n) is 8.69. The summed E-state index contributed by atoms with van der Waals surface area (Å²) < 4.78 is 0. The van der Waals surface area contributed by atoms with Crippen LogP contribution in [0.4, 0.5) is 11.4 Å². The number of aromatic nitrogens is 4. The maximum atomic E-state index is 4.44. The Morgan fingerprint density at radius 3 is 1.39 bits per heavy atom. The van der Waals surface area contributed by atoms with Crippen LogP contribution in [0.3, 0.4) is 0 Å². The molecule has 0 fully saturated rings. The van der Waals surface area contributed by atoms with E-state index < -0.39 is 0 Å². The van der Waals surface area contributed by atoms with Crippen molar-refractivity contribution in [2.45, 2.75) is 0 Å². The fourth-order valence-electron chi connectivity index (χ4n) is 2.41. The first-order valence-corrected chi connectivity index (χ1v) is 8.69. The zero-order valence-corrected chi connectivity index (χ0v) is 14.9. The van der Waals surface area contributed by atoms with Gasteiger partial charge >= 0.3 is 0 Å². The molecule has 4 aromatic heterocycles. The lowest BCUT2D eigenvalue weighted by atomic mass is 10.2. The molecule has 0 amide bonds. The highest BCUT2D eigenvalue weighted by molar-refractivity contribution is 5.80. The summed E-state index contributed by atoms with van der Waals surface area (Å²) in [5.41, 5.74) is 4.66. The summed E-state index contributed by atoms with van der Waals surface area (Å²) in [7, 11) is 0. The van der Waals surface area contributed by atoms with Crippen molar-refractivity contribution in [1.29, 1.82) is 0 Å². The van der Waals surface area contributed by atoms with Gasteiger partial charge in [-0.05, 0) is 48.5 Å². The second kappa shape index (κ2) is 8.55. The lowest BCUT2D eigenvalue weighted by Gasteiger charge is -2.01. The van der Waals surface area contributed by atoms with Crippen LogP contribution in [0.25, 0.3) is 11.4 Å². The third kappa shape index (κ3) is 4.56. The van der Waals surface area contributed by atoms with Gasteiger partial charge in [-0.15, -0.1) is 0 Å². The molecule has 0 aliphatic heterocycles. The van der Waals surface area contributed by atoms with Crippen LogP contribution in [0.15, 0.2) is 95.4 Å². The Labute approximate surface area is 162 Å². The molecular formula is C22H16N6. The smallest absolute Gasteiger partial charge is 0.0887 e. The van der Waals surface area contributed by atoms with E-state index >= 15 is 0 Å². The van der Waals surface area contributed by atoms with Crippen molar-refractivity contribution in [1.82, 2.24) is 19.9 Å². The Balaban J connectivity index is 1.44. The number of hydrogen-bond acceptors (Lipinski definition) is 6. The van der Waals surface area contributed by atoms with Crippen molar-refractivity contribution < 1.29 is 0 Å². The average molecular weight is 364 g/mol. The van der Waals surface area contributed by atoms with Gasteiger partial charge in [-0.25, -0.2) is 0 Å². The molecule has 0 N–H and O–H groups in total. The van der Waals surface area contributed by atoms with E-state index in [1.807, 2.05) is 60.7 Å². The molecule has 0 radical (unpaired) electrons. The third-order valence-corrected chi connectivity index (χ3v) is 3.83. The lowest BCUT2D eigenvalue weighted by molar-refractivity contribution is 1.23. The minimum atomic E-state index is 0.756. The molecule has 0 aliphatic carbocycles. The fraction of sp³-hybridized carbons (Fsp3) is 0. The van der Waals surface area contributed by atoms with E-state index in [-0.39, 0.29) is 0 Å². The van der Waals surface area contributed by atoms with Gasteiger partial charge in [0.2, 0.25) is 0 Å².